The molecule has 3 heterocycles. The topological polar surface area (TPSA) is 88.5 Å². The second-order valence-electron chi connectivity index (χ2n) is 5.57. The van der Waals surface area contributed by atoms with Crippen molar-refractivity contribution in [2.24, 2.45) is 0 Å². The van der Waals surface area contributed by atoms with Crippen molar-refractivity contribution in [1.29, 1.82) is 0 Å². The van der Waals surface area contributed by atoms with Crippen molar-refractivity contribution in [3.63, 3.8) is 0 Å². The van der Waals surface area contributed by atoms with E-state index in [2.05, 4.69) is 25.5 Å². The van der Waals surface area contributed by atoms with Gasteiger partial charge in [-0.1, -0.05) is 18.2 Å². The summed E-state index contributed by atoms with van der Waals surface area (Å²) < 4.78 is 2.00. The first-order chi connectivity index (χ1) is 12.3. The van der Waals surface area contributed by atoms with Gasteiger partial charge in [-0.3, -0.25) is 20.2 Å². The molecule has 0 atom stereocenters. The molecule has 0 aliphatic carbocycles. The van der Waals surface area contributed by atoms with Crippen LogP contribution in [0.3, 0.4) is 0 Å². The fourth-order valence-corrected chi connectivity index (χ4v) is 2.72. The Kier molecular flexibility index (Phi) is 3.96. The van der Waals surface area contributed by atoms with Crippen LogP contribution in [0.5, 0.6) is 0 Å². The summed E-state index contributed by atoms with van der Waals surface area (Å²) in [6.45, 7) is 0.663. The molecule has 0 aliphatic heterocycles. The Morgan fingerprint density at radius 2 is 1.96 bits per heavy atom. The number of hydrogen-bond donors (Lipinski definition) is 2. The number of nitrogens with one attached hydrogen (secondary N) is 2. The van der Waals surface area contributed by atoms with E-state index in [1.54, 1.807) is 18.5 Å². The van der Waals surface area contributed by atoms with Crippen molar-refractivity contribution in [3.8, 4) is 0 Å². The van der Waals surface area contributed by atoms with Crippen LogP contribution in [0.25, 0.3) is 11.0 Å². The van der Waals surface area contributed by atoms with Crippen molar-refractivity contribution in [2.75, 3.05) is 5.32 Å². The van der Waals surface area contributed by atoms with Gasteiger partial charge in [0.15, 0.2) is 0 Å². The number of benzene rings is 1. The zero-order valence-electron chi connectivity index (χ0n) is 13.4. The number of amides is 1. The number of aryl methyl sites for hydroxylation is 2. The number of imidazole rings is 1. The van der Waals surface area contributed by atoms with Gasteiger partial charge in [0.25, 0.3) is 5.91 Å². The monoisotopic (exact) mass is 332 g/mol. The van der Waals surface area contributed by atoms with Gasteiger partial charge >= 0.3 is 0 Å². The number of fused-ring (bicyclic) bond motifs is 1. The first kappa shape index (κ1) is 15.1. The van der Waals surface area contributed by atoms with Gasteiger partial charge in [-0.2, -0.15) is 5.10 Å². The van der Waals surface area contributed by atoms with Gasteiger partial charge in [-0.15, -0.1) is 0 Å². The van der Waals surface area contributed by atoms with Crippen LogP contribution in [0.2, 0.25) is 0 Å². The molecule has 2 N–H and O–H groups in total. The number of nitrogens with zero attached hydrogens (tertiary/aromatic N) is 4. The van der Waals surface area contributed by atoms with E-state index in [9.17, 15) is 4.79 Å². The highest BCUT2D eigenvalue weighted by atomic mass is 16.2. The maximum Gasteiger partial charge on any atom is 0.275 e. The Balaban J connectivity index is 1.64. The zero-order valence-corrected chi connectivity index (χ0v) is 13.4. The Labute approximate surface area is 143 Å². The van der Waals surface area contributed by atoms with E-state index in [-0.39, 0.29) is 5.91 Å². The van der Waals surface area contributed by atoms with Gasteiger partial charge in [-0.25, -0.2) is 4.98 Å². The van der Waals surface area contributed by atoms with E-state index in [1.165, 1.54) is 0 Å². The van der Waals surface area contributed by atoms with Crippen molar-refractivity contribution in [2.45, 2.75) is 13.0 Å². The highest BCUT2D eigenvalue weighted by molar-refractivity contribution is 6.02. The fraction of sp³-hybridized carbons (Fsp3) is 0.111. The minimum absolute atomic E-state index is 0.271. The lowest BCUT2D eigenvalue weighted by Crippen LogP contribution is -2.17. The zero-order chi connectivity index (χ0) is 17.1. The predicted octanol–water partition coefficient (Wildman–Crippen LogP) is 2.65. The lowest BCUT2D eigenvalue weighted by atomic mass is 10.2. The molecule has 0 radical (unpaired) electrons. The first-order valence-corrected chi connectivity index (χ1v) is 7.97. The number of aromatic nitrogens is 5. The number of anilines is 1. The van der Waals surface area contributed by atoms with Gasteiger partial charge in [-0.05, 0) is 30.3 Å². The third-order valence-corrected chi connectivity index (χ3v) is 3.94. The van der Waals surface area contributed by atoms with Crippen molar-refractivity contribution < 1.29 is 4.79 Å². The summed E-state index contributed by atoms with van der Waals surface area (Å²) in [4.78, 5) is 21.2. The van der Waals surface area contributed by atoms with Crippen LogP contribution in [-0.4, -0.2) is 30.6 Å². The molecule has 7 nitrogen and oxygen atoms in total. The molecule has 25 heavy (non-hydrogen) atoms. The van der Waals surface area contributed by atoms with Gasteiger partial charge in [0.05, 0.1) is 11.0 Å². The number of aromatic amines is 1. The lowest BCUT2D eigenvalue weighted by molar-refractivity contribution is 0.102. The van der Waals surface area contributed by atoms with E-state index in [0.29, 0.717) is 18.2 Å². The maximum absolute atomic E-state index is 12.3. The molecule has 4 rings (SSSR count). The Morgan fingerprint density at radius 1 is 1.08 bits per heavy atom. The maximum atomic E-state index is 12.3. The number of H-pyrrole nitrogens is 1. The summed E-state index contributed by atoms with van der Waals surface area (Å²) in [6, 6.07) is 15.3. The predicted molar refractivity (Wildman–Crippen MR) is 94.2 cm³/mol. The second kappa shape index (κ2) is 6.56. The first-order valence-electron chi connectivity index (χ1n) is 7.97. The number of rotatable bonds is 5. The molecule has 0 fully saturated rings. The van der Waals surface area contributed by atoms with E-state index in [4.69, 9.17) is 0 Å². The quantitative estimate of drug-likeness (QED) is 0.588. The molecule has 0 aliphatic rings. The van der Waals surface area contributed by atoms with Crippen molar-refractivity contribution in [1.82, 2.24) is 24.7 Å². The fourth-order valence-electron chi connectivity index (χ4n) is 2.72. The van der Waals surface area contributed by atoms with Crippen LogP contribution in [0.4, 0.5) is 5.95 Å². The average molecular weight is 332 g/mol. The summed E-state index contributed by atoms with van der Waals surface area (Å²) in [5, 5.41) is 9.32. The molecular formula is C18H16N6O. The molecule has 0 saturated heterocycles. The van der Waals surface area contributed by atoms with E-state index in [0.717, 1.165) is 23.1 Å². The third-order valence-electron chi connectivity index (χ3n) is 3.94. The SMILES string of the molecule is O=C(Nc1nc2ccccc2n1CCc1ccccn1)c1ccn[nH]1. The van der Waals surface area contributed by atoms with Crippen LogP contribution < -0.4 is 5.32 Å². The highest BCUT2D eigenvalue weighted by Crippen LogP contribution is 2.20. The Bertz CT molecular complexity index is 991. The molecule has 0 spiro atoms. The number of carbonyl (C=O) groups excluding carboxylic acids is 1. The highest BCUT2D eigenvalue weighted by Gasteiger charge is 2.15. The third kappa shape index (κ3) is 3.12. The number of hydrogen-bond acceptors (Lipinski definition) is 4. The van der Waals surface area contributed by atoms with E-state index < -0.39 is 0 Å². The Morgan fingerprint density at radius 3 is 2.76 bits per heavy atom. The van der Waals surface area contributed by atoms with Gasteiger partial charge < -0.3 is 4.57 Å². The molecule has 1 aromatic carbocycles. The molecule has 0 bridgehead atoms. The summed E-state index contributed by atoms with van der Waals surface area (Å²) in [7, 11) is 0. The number of pyridine rings is 1. The van der Waals surface area contributed by atoms with Gasteiger partial charge in [0, 0.05) is 31.1 Å². The number of para-hydroxylation sites is 2. The van der Waals surface area contributed by atoms with Crippen LogP contribution in [0.15, 0.2) is 60.9 Å². The molecule has 4 aromatic rings. The molecule has 7 heteroatoms. The molecule has 3 aromatic heterocycles. The lowest BCUT2D eigenvalue weighted by Gasteiger charge is -2.09. The van der Waals surface area contributed by atoms with E-state index >= 15 is 0 Å². The minimum atomic E-state index is -0.271. The normalized spacial score (nSPS) is 10.9. The minimum Gasteiger partial charge on any atom is -0.310 e. The second-order valence-corrected chi connectivity index (χ2v) is 5.57. The van der Waals surface area contributed by atoms with Crippen LogP contribution in [0.1, 0.15) is 16.2 Å². The van der Waals surface area contributed by atoms with E-state index in [1.807, 2.05) is 47.0 Å². The van der Waals surface area contributed by atoms with Crippen molar-refractivity contribution >= 4 is 22.9 Å². The Hall–Kier alpha value is -3.48. The molecule has 0 saturated carbocycles. The summed E-state index contributed by atoms with van der Waals surface area (Å²) in [6.07, 6.45) is 4.06. The average Bonchev–Trinajstić information content (AvgIpc) is 3.29. The van der Waals surface area contributed by atoms with Gasteiger partial charge in [0.1, 0.15) is 5.69 Å². The van der Waals surface area contributed by atoms with Crippen LogP contribution >= 0.6 is 0 Å². The summed E-state index contributed by atoms with van der Waals surface area (Å²) >= 11 is 0. The molecule has 124 valence electrons. The largest absolute Gasteiger partial charge is 0.310 e. The van der Waals surface area contributed by atoms with Crippen LogP contribution in [0, 0.1) is 0 Å². The smallest absolute Gasteiger partial charge is 0.275 e. The van der Waals surface area contributed by atoms with Gasteiger partial charge in [0.2, 0.25) is 5.95 Å². The molecular weight excluding hydrogens is 316 g/mol. The summed E-state index contributed by atoms with van der Waals surface area (Å²) in [5.74, 6) is 0.239. The van der Waals surface area contributed by atoms with Crippen molar-refractivity contribution in [3.05, 3.63) is 72.3 Å². The molecule has 1 amide bonds. The summed E-state index contributed by atoms with van der Waals surface area (Å²) in [5.41, 5.74) is 3.19. The van der Waals surface area contributed by atoms with Crippen LogP contribution in [-0.2, 0) is 13.0 Å². The number of carbonyl (C=O) groups is 1. The standard InChI is InChI=1S/C18H16N6O/c25-17(15-8-11-20-23-15)22-18-21-14-6-1-2-7-16(14)24(18)12-9-13-5-3-4-10-19-13/h1-8,10-11H,9,12H2,(H,20,23)(H,21,22,25). The molecule has 0 unspecified atom stereocenters.